The highest BCUT2D eigenvalue weighted by atomic mass is 16.6. The first kappa shape index (κ1) is 14.1. The summed E-state index contributed by atoms with van der Waals surface area (Å²) in [5.74, 6) is -0.105. The Morgan fingerprint density at radius 3 is 2.75 bits per heavy atom. The lowest BCUT2D eigenvalue weighted by atomic mass is 10.2. The van der Waals surface area contributed by atoms with Gasteiger partial charge in [0.2, 0.25) is 5.91 Å². The summed E-state index contributed by atoms with van der Waals surface area (Å²) < 4.78 is 5.17. The normalized spacial score (nSPS) is 15.6. The standard InChI is InChI=1S/C13H15N3O4/c1-10-12(16(18)19)4-2-11(14-10)3-5-13(17)15-6-8-20-9-7-15/h2-5H,6-9H2,1H3. The van der Waals surface area contributed by atoms with Crippen molar-refractivity contribution in [3.05, 3.63) is 39.7 Å². The van der Waals surface area contributed by atoms with Crippen LogP contribution >= 0.6 is 0 Å². The highest BCUT2D eigenvalue weighted by Gasteiger charge is 2.14. The number of hydrogen-bond acceptors (Lipinski definition) is 5. The lowest BCUT2D eigenvalue weighted by Crippen LogP contribution is -2.39. The Morgan fingerprint density at radius 1 is 1.45 bits per heavy atom. The fourth-order valence-electron chi connectivity index (χ4n) is 1.90. The topological polar surface area (TPSA) is 85.6 Å². The predicted molar refractivity (Wildman–Crippen MR) is 72.1 cm³/mol. The molecule has 1 aliphatic rings. The Kier molecular flexibility index (Phi) is 4.41. The predicted octanol–water partition coefficient (Wildman–Crippen LogP) is 1.17. The molecule has 1 aromatic heterocycles. The Balaban J connectivity index is 2.05. The van der Waals surface area contributed by atoms with Crippen molar-refractivity contribution in [3.8, 4) is 0 Å². The van der Waals surface area contributed by atoms with Crippen LogP contribution < -0.4 is 0 Å². The van der Waals surface area contributed by atoms with Gasteiger partial charge in [0.15, 0.2) is 0 Å². The molecule has 0 aromatic carbocycles. The minimum absolute atomic E-state index is 0.0262. The Bertz CT molecular complexity index is 551. The first-order valence-corrected chi connectivity index (χ1v) is 6.24. The molecule has 20 heavy (non-hydrogen) atoms. The van der Waals surface area contributed by atoms with Gasteiger partial charge in [-0.25, -0.2) is 4.98 Å². The molecule has 106 valence electrons. The maximum atomic E-state index is 11.9. The molecule has 1 aliphatic heterocycles. The van der Waals surface area contributed by atoms with Gasteiger partial charge < -0.3 is 9.64 Å². The van der Waals surface area contributed by atoms with Crippen molar-refractivity contribution in [1.29, 1.82) is 0 Å². The number of carbonyl (C=O) groups excluding carboxylic acids is 1. The average molecular weight is 277 g/mol. The zero-order valence-electron chi connectivity index (χ0n) is 11.1. The lowest BCUT2D eigenvalue weighted by Gasteiger charge is -2.25. The highest BCUT2D eigenvalue weighted by Crippen LogP contribution is 2.16. The van der Waals surface area contributed by atoms with Gasteiger partial charge in [0.05, 0.1) is 23.8 Å². The first-order valence-electron chi connectivity index (χ1n) is 6.24. The van der Waals surface area contributed by atoms with Crippen molar-refractivity contribution in [2.24, 2.45) is 0 Å². The second-order valence-corrected chi connectivity index (χ2v) is 4.37. The Morgan fingerprint density at radius 2 is 2.15 bits per heavy atom. The van der Waals surface area contributed by atoms with Crippen molar-refractivity contribution in [1.82, 2.24) is 9.88 Å². The number of amides is 1. The molecule has 2 heterocycles. The maximum absolute atomic E-state index is 11.9. The molecule has 0 atom stereocenters. The van der Waals surface area contributed by atoms with E-state index in [0.29, 0.717) is 37.7 Å². The molecular weight excluding hydrogens is 262 g/mol. The number of nitrogens with zero attached hydrogens (tertiary/aromatic N) is 3. The van der Waals surface area contributed by atoms with Crippen LogP contribution in [0.4, 0.5) is 5.69 Å². The van der Waals surface area contributed by atoms with Crippen LogP contribution in [-0.2, 0) is 9.53 Å². The molecule has 0 spiro atoms. The number of aryl methyl sites for hydroxylation is 1. The molecule has 0 radical (unpaired) electrons. The van der Waals surface area contributed by atoms with Crippen LogP contribution in [0, 0.1) is 17.0 Å². The number of nitro groups is 1. The molecule has 0 unspecified atom stereocenters. The largest absolute Gasteiger partial charge is 0.378 e. The molecule has 0 aliphatic carbocycles. The van der Waals surface area contributed by atoms with E-state index in [4.69, 9.17) is 4.74 Å². The summed E-state index contributed by atoms with van der Waals surface area (Å²) >= 11 is 0. The summed E-state index contributed by atoms with van der Waals surface area (Å²) in [6.45, 7) is 3.83. The van der Waals surface area contributed by atoms with Crippen molar-refractivity contribution < 1.29 is 14.5 Å². The van der Waals surface area contributed by atoms with Gasteiger partial charge >= 0.3 is 0 Å². The van der Waals surface area contributed by atoms with Gasteiger partial charge in [0.1, 0.15) is 5.69 Å². The van der Waals surface area contributed by atoms with Gasteiger partial charge in [0, 0.05) is 25.2 Å². The smallest absolute Gasteiger partial charge is 0.290 e. The number of morpholine rings is 1. The van der Waals surface area contributed by atoms with Crippen LogP contribution in [0.2, 0.25) is 0 Å². The van der Waals surface area contributed by atoms with E-state index in [0.717, 1.165) is 0 Å². The number of pyridine rings is 1. The summed E-state index contributed by atoms with van der Waals surface area (Å²) in [6.07, 6.45) is 2.99. The zero-order chi connectivity index (χ0) is 14.5. The quantitative estimate of drug-likeness (QED) is 0.470. The lowest BCUT2D eigenvalue weighted by molar-refractivity contribution is -0.385. The number of ether oxygens (including phenoxy) is 1. The summed E-state index contributed by atoms with van der Waals surface area (Å²) in [4.78, 5) is 27.9. The molecule has 2 rings (SSSR count). The molecule has 1 saturated heterocycles. The van der Waals surface area contributed by atoms with E-state index in [1.54, 1.807) is 17.9 Å². The molecule has 0 N–H and O–H groups in total. The third-order valence-corrected chi connectivity index (χ3v) is 3.00. The van der Waals surface area contributed by atoms with Gasteiger partial charge in [-0.3, -0.25) is 14.9 Å². The summed E-state index contributed by atoms with van der Waals surface area (Å²) in [5.41, 5.74) is 0.826. The van der Waals surface area contributed by atoms with Crippen LogP contribution in [0.5, 0.6) is 0 Å². The molecule has 7 nitrogen and oxygen atoms in total. The van der Waals surface area contributed by atoms with Gasteiger partial charge in [-0.15, -0.1) is 0 Å². The third-order valence-electron chi connectivity index (χ3n) is 3.00. The van der Waals surface area contributed by atoms with Gasteiger partial charge in [-0.2, -0.15) is 0 Å². The van der Waals surface area contributed by atoms with Gasteiger partial charge in [-0.05, 0) is 19.1 Å². The van der Waals surface area contributed by atoms with Crippen LogP contribution in [0.15, 0.2) is 18.2 Å². The van der Waals surface area contributed by atoms with Crippen molar-refractivity contribution in [2.45, 2.75) is 6.92 Å². The monoisotopic (exact) mass is 277 g/mol. The van der Waals surface area contributed by atoms with Crippen molar-refractivity contribution >= 4 is 17.7 Å². The van der Waals surface area contributed by atoms with E-state index >= 15 is 0 Å². The molecule has 1 fully saturated rings. The fourth-order valence-corrected chi connectivity index (χ4v) is 1.90. The molecule has 0 bridgehead atoms. The van der Waals surface area contributed by atoms with Crippen LogP contribution in [0.25, 0.3) is 6.08 Å². The second-order valence-electron chi connectivity index (χ2n) is 4.37. The zero-order valence-corrected chi connectivity index (χ0v) is 11.1. The summed E-state index contributed by atoms with van der Waals surface area (Å²) in [7, 11) is 0. The van der Waals surface area contributed by atoms with Crippen LogP contribution in [0.1, 0.15) is 11.4 Å². The second kappa shape index (κ2) is 6.25. The third kappa shape index (κ3) is 3.39. The maximum Gasteiger partial charge on any atom is 0.290 e. The van der Waals surface area contributed by atoms with E-state index in [2.05, 4.69) is 4.98 Å². The van der Waals surface area contributed by atoms with Crippen LogP contribution in [0.3, 0.4) is 0 Å². The van der Waals surface area contributed by atoms with Crippen molar-refractivity contribution in [2.75, 3.05) is 26.3 Å². The SMILES string of the molecule is Cc1nc(C=CC(=O)N2CCOCC2)ccc1[N+](=O)[O-]. The van der Waals surface area contributed by atoms with E-state index in [9.17, 15) is 14.9 Å². The fraction of sp³-hybridized carbons (Fsp3) is 0.385. The number of hydrogen-bond donors (Lipinski definition) is 0. The average Bonchev–Trinajstić information content (AvgIpc) is 2.45. The minimum Gasteiger partial charge on any atom is -0.378 e. The van der Waals surface area contributed by atoms with Gasteiger partial charge in [-0.1, -0.05) is 0 Å². The van der Waals surface area contributed by atoms with Crippen LogP contribution in [-0.4, -0.2) is 47.0 Å². The molecule has 7 heteroatoms. The summed E-state index contributed by atoms with van der Waals surface area (Å²) in [6, 6.07) is 2.91. The highest BCUT2D eigenvalue weighted by molar-refractivity contribution is 5.91. The van der Waals surface area contributed by atoms with E-state index in [-0.39, 0.29) is 11.6 Å². The molecule has 0 saturated carbocycles. The Hall–Kier alpha value is -2.28. The molecule has 1 aromatic rings. The number of aromatic nitrogens is 1. The molecule has 1 amide bonds. The van der Waals surface area contributed by atoms with E-state index in [1.165, 1.54) is 18.2 Å². The molecular formula is C13H15N3O4. The number of rotatable bonds is 3. The van der Waals surface area contributed by atoms with Gasteiger partial charge in [0.25, 0.3) is 5.69 Å². The Labute approximate surface area is 116 Å². The van der Waals surface area contributed by atoms with E-state index < -0.39 is 4.92 Å². The summed E-state index contributed by atoms with van der Waals surface area (Å²) in [5, 5.41) is 10.7. The number of carbonyl (C=O) groups is 1. The van der Waals surface area contributed by atoms with E-state index in [1.807, 2.05) is 0 Å². The van der Waals surface area contributed by atoms with Crippen molar-refractivity contribution in [3.63, 3.8) is 0 Å². The first-order chi connectivity index (χ1) is 9.58. The minimum atomic E-state index is -0.477.